The second-order valence-corrected chi connectivity index (χ2v) is 8.04. The van der Waals surface area contributed by atoms with E-state index in [1.165, 1.54) is 29.4 Å². The number of halogens is 1. The van der Waals surface area contributed by atoms with Crippen molar-refractivity contribution in [2.24, 2.45) is 0 Å². The van der Waals surface area contributed by atoms with E-state index in [-0.39, 0.29) is 22.5 Å². The quantitative estimate of drug-likeness (QED) is 0.336. The first-order valence-electron chi connectivity index (χ1n) is 8.83. The smallest absolute Gasteiger partial charge is 0.338 e. The van der Waals surface area contributed by atoms with E-state index in [0.29, 0.717) is 0 Å². The third-order valence-electron chi connectivity index (χ3n) is 4.73. The Kier molecular flexibility index (Phi) is 5.30. The summed E-state index contributed by atoms with van der Waals surface area (Å²) >= 11 is 0. The molecule has 3 aromatic rings. The van der Waals surface area contributed by atoms with Gasteiger partial charge in [-0.05, 0) is 18.2 Å². The van der Waals surface area contributed by atoms with Crippen LogP contribution < -0.4 is 5.73 Å². The van der Waals surface area contributed by atoms with Crippen LogP contribution in [0.2, 0.25) is 0 Å². The van der Waals surface area contributed by atoms with Crippen molar-refractivity contribution >= 4 is 33.2 Å². The number of carbonyl (C=O) groups is 1. The summed E-state index contributed by atoms with van der Waals surface area (Å²) in [5.41, 5.74) is 6.07. The Balaban J connectivity index is 1.48. The van der Waals surface area contributed by atoms with E-state index < -0.39 is 52.2 Å². The number of nitrogens with two attached hydrogens (primary N) is 1. The summed E-state index contributed by atoms with van der Waals surface area (Å²) < 4.78 is 47.1. The molecule has 4 N–H and O–H groups in total. The monoisotopic (exact) mass is 453 g/mol. The van der Waals surface area contributed by atoms with E-state index in [1.54, 1.807) is 0 Å². The van der Waals surface area contributed by atoms with Gasteiger partial charge in [0.05, 0.1) is 16.8 Å². The van der Waals surface area contributed by atoms with Crippen LogP contribution >= 0.6 is 0 Å². The van der Waals surface area contributed by atoms with Gasteiger partial charge in [0.15, 0.2) is 17.7 Å². The van der Waals surface area contributed by atoms with Crippen molar-refractivity contribution in [1.82, 2.24) is 19.5 Å². The van der Waals surface area contributed by atoms with Crippen LogP contribution in [0.25, 0.3) is 11.2 Å². The molecule has 2 aromatic heterocycles. The Labute approximate surface area is 174 Å². The molecular weight excluding hydrogens is 437 g/mol. The summed E-state index contributed by atoms with van der Waals surface area (Å²) in [5.74, 6) is -0.840. The highest BCUT2D eigenvalue weighted by Crippen LogP contribution is 2.32. The maximum absolute atomic E-state index is 13.1. The lowest BCUT2D eigenvalue weighted by Gasteiger charge is -2.16. The molecule has 3 heterocycles. The number of esters is 1. The summed E-state index contributed by atoms with van der Waals surface area (Å²) in [5, 5.41) is 20.7. The van der Waals surface area contributed by atoms with Crippen LogP contribution in [0.4, 0.5) is 9.70 Å². The number of carbonyl (C=O) groups excluding carboxylic acids is 1. The predicted octanol–water partition coefficient (Wildman–Crippen LogP) is -0.457. The molecule has 0 amide bonds. The lowest BCUT2D eigenvalue weighted by atomic mass is 10.1. The Morgan fingerprint density at radius 2 is 2.03 bits per heavy atom. The number of aliphatic hydroxyl groups is 2. The maximum Gasteiger partial charge on any atom is 0.338 e. The molecule has 4 unspecified atom stereocenters. The van der Waals surface area contributed by atoms with Gasteiger partial charge in [-0.15, -0.1) is 3.89 Å². The lowest BCUT2D eigenvalue weighted by Crippen LogP contribution is -2.34. The van der Waals surface area contributed by atoms with Gasteiger partial charge in [-0.1, -0.05) is 6.07 Å². The van der Waals surface area contributed by atoms with Crippen LogP contribution in [-0.2, 0) is 19.7 Å². The molecule has 1 aliphatic heterocycles. The summed E-state index contributed by atoms with van der Waals surface area (Å²) in [6, 6.07) is 4.23. The van der Waals surface area contributed by atoms with E-state index in [1.807, 2.05) is 0 Å². The highest BCUT2D eigenvalue weighted by molar-refractivity contribution is 7.86. The fourth-order valence-corrected chi connectivity index (χ4v) is 3.68. The number of ether oxygens (including phenoxy) is 2. The third-order valence-corrected chi connectivity index (χ3v) is 5.55. The molecule has 12 nitrogen and oxygen atoms in total. The van der Waals surface area contributed by atoms with E-state index in [0.717, 1.165) is 12.1 Å². The minimum atomic E-state index is -4.99. The molecule has 164 valence electrons. The van der Waals surface area contributed by atoms with Gasteiger partial charge in [0, 0.05) is 0 Å². The molecule has 0 saturated carbocycles. The first kappa shape index (κ1) is 21.0. The number of anilines is 1. The molecule has 1 aliphatic rings. The number of nitrogens with zero attached hydrogens (tertiary/aromatic N) is 4. The van der Waals surface area contributed by atoms with E-state index in [4.69, 9.17) is 15.2 Å². The number of benzene rings is 1. The van der Waals surface area contributed by atoms with Gasteiger partial charge in [-0.3, -0.25) is 4.57 Å². The minimum Gasteiger partial charge on any atom is -0.459 e. The van der Waals surface area contributed by atoms with Crippen molar-refractivity contribution in [3.05, 3.63) is 42.5 Å². The van der Waals surface area contributed by atoms with Gasteiger partial charge < -0.3 is 25.4 Å². The molecule has 1 aromatic carbocycles. The molecule has 1 fully saturated rings. The fourth-order valence-electron chi connectivity index (χ4n) is 3.17. The first-order chi connectivity index (χ1) is 14.7. The van der Waals surface area contributed by atoms with Crippen molar-refractivity contribution in [1.29, 1.82) is 0 Å². The second kappa shape index (κ2) is 7.81. The van der Waals surface area contributed by atoms with E-state index in [9.17, 15) is 27.3 Å². The number of fused-ring (bicyclic) bond motifs is 1. The number of imidazole rings is 1. The second-order valence-electron chi connectivity index (χ2n) is 6.69. The van der Waals surface area contributed by atoms with Gasteiger partial charge in [0.2, 0.25) is 0 Å². The summed E-state index contributed by atoms with van der Waals surface area (Å²) in [4.78, 5) is 23.4. The molecule has 0 aliphatic carbocycles. The molecule has 14 heteroatoms. The number of hydrogen-bond donors (Lipinski definition) is 3. The summed E-state index contributed by atoms with van der Waals surface area (Å²) in [6.07, 6.45) is -2.53. The largest absolute Gasteiger partial charge is 0.459 e. The summed E-state index contributed by atoms with van der Waals surface area (Å²) in [6.45, 7) is -0.468. The zero-order chi connectivity index (χ0) is 22.3. The van der Waals surface area contributed by atoms with Gasteiger partial charge in [0.1, 0.15) is 36.8 Å². The summed E-state index contributed by atoms with van der Waals surface area (Å²) in [7, 11) is -4.99. The van der Waals surface area contributed by atoms with Crippen LogP contribution in [0.1, 0.15) is 16.6 Å². The van der Waals surface area contributed by atoms with Gasteiger partial charge in [0.25, 0.3) is 0 Å². The number of aliphatic hydroxyl groups excluding tert-OH is 2. The third kappa shape index (κ3) is 3.93. The molecule has 31 heavy (non-hydrogen) atoms. The molecule has 0 bridgehead atoms. The molecule has 4 rings (SSSR count). The van der Waals surface area contributed by atoms with E-state index >= 15 is 0 Å². The van der Waals surface area contributed by atoms with Crippen molar-refractivity contribution in [3.63, 3.8) is 0 Å². The molecular formula is C17H16FN5O7S. The highest BCUT2D eigenvalue weighted by atomic mass is 32.3. The van der Waals surface area contributed by atoms with Crippen molar-refractivity contribution in [2.75, 3.05) is 12.3 Å². The Bertz CT molecular complexity index is 1250. The standard InChI is InChI=1S/C17H16FN5O7S/c18-31(27,28)9-3-1-2-8(4-9)17(26)29-5-10-12(24)13(25)16(30-10)23-7-22-11-14(19)20-6-21-15(11)23/h1-4,6-7,10,12-13,16,24-25H,5H2,(H2,19,20,21). The van der Waals surface area contributed by atoms with Crippen molar-refractivity contribution in [3.8, 4) is 0 Å². The van der Waals surface area contributed by atoms with E-state index in [2.05, 4.69) is 15.0 Å². The van der Waals surface area contributed by atoms with Crippen LogP contribution in [0.15, 0.2) is 41.8 Å². The van der Waals surface area contributed by atoms with Crippen LogP contribution in [0.3, 0.4) is 0 Å². The predicted molar refractivity (Wildman–Crippen MR) is 101 cm³/mol. The SMILES string of the molecule is Nc1ncnc2c1ncn2C1OC(COC(=O)c2cccc(S(=O)(=O)F)c2)C(O)C1O. The van der Waals surface area contributed by atoms with Gasteiger partial charge in [-0.2, -0.15) is 8.42 Å². The number of hydrogen-bond acceptors (Lipinski definition) is 11. The number of aromatic nitrogens is 4. The normalized spacial score (nSPS) is 23.8. The topological polar surface area (TPSA) is 180 Å². The number of nitrogen functional groups attached to an aromatic ring is 1. The average Bonchev–Trinajstić information content (AvgIpc) is 3.28. The molecule has 1 saturated heterocycles. The Morgan fingerprint density at radius 3 is 2.77 bits per heavy atom. The average molecular weight is 453 g/mol. The number of rotatable bonds is 5. The van der Waals surface area contributed by atoms with Crippen molar-refractivity contribution in [2.45, 2.75) is 29.4 Å². The Hall–Kier alpha value is -3.20. The Morgan fingerprint density at radius 1 is 1.26 bits per heavy atom. The van der Waals surface area contributed by atoms with Crippen molar-refractivity contribution < 1.29 is 36.8 Å². The molecule has 4 atom stereocenters. The first-order valence-corrected chi connectivity index (χ1v) is 10.2. The van der Waals surface area contributed by atoms with Crippen LogP contribution in [-0.4, -0.2) is 69.0 Å². The fraction of sp³-hybridized carbons (Fsp3) is 0.294. The zero-order valence-electron chi connectivity index (χ0n) is 15.6. The van der Waals surface area contributed by atoms with Gasteiger partial charge in [-0.25, -0.2) is 19.7 Å². The maximum atomic E-state index is 13.1. The highest BCUT2D eigenvalue weighted by Gasteiger charge is 2.45. The zero-order valence-corrected chi connectivity index (χ0v) is 16.4. The lowest BCUT2D eigenvalue weighted by molar-refractivity contribution is -0.0565. The molecule has 0 radical (unpaired) electrons. The van der Waals surface area contributed by atoms with Crippen LogP contribution in [0.5, 0.6) is 0 Å². The molecule has 0 spiro atoms. The van der Waals surface area contributed by atoms with Gasteiger partial charge >= 0.3 is 16.2 Å². The minimum absolute atomic E-state index is 0.125. The van der Waals surface area contributed by atoms with Crippen LogP contribution in [0, 0.1) is 0 Å².